The highest BCUT2D eigenvalue weighted by molar-refractivity contribution is 5.85. The standard InChI is InChI=1S/C9H10N2.ClH/c10-11-6-5-8-3-1-2-4-9(8)7-11;/h1-6H,7,10H2;1H. The van der Waals surface area contributed by atoms with E-state index in [0.717, 1.165) is 6.54 Å². The van der Waals surface area contributed by atoms with Crippen LogP contribution in [0.15, 0.2) is 30.5 Å². The third-order valence-electron chi connectivity index (χ3n) is 1.85. The Hall–Kier alpha value is -0.990. The summed E-state index contributed by atoms with van der Waals surface area (Å²) in [5.41, 5.74) is 2.56. The minimum atomic E-state index is 0. The summed E-state index contributed by atoms with van der Waals surface area (Å²) in [6.07, 6.45) is 3.92. The van der Waals surface area contributed by atoms with Crippen molar-refractivity contribution in [1.82, 2.24) is 5.01 Å². The molecule has 1 aliphatic heterocycles. The molecule has 0 bridgehead atoms. The molecule has 0 saturated carbocycles. The zero-order valence-electron chi connectivity index (χ0n) is 6.60. The van der Waals surface area contributed by atoms with Gasteiger partial charge in [0.25, 0.3) is 0 Å². The number of hydrogen-bond donors (Lipinski definition) is 1. The van der Waals surface area contributed by atoms with E-state index in [1.54, 1.807) is 5.01 Å². The summed E-state index contributed by atoms with van der Waals surface area (Å²) in [5, 5.41) is 1.68. The van der Waals surface area contributed by atoms with Gasteiger partial charge in [0.05, 0.1) is 6.54 Å². The molecule has 0 aromatic heterocycles. The van der Waals surface area contributed by atoms with E-state index in [1.807, 2.05) is 24.4 Å². The second-order valence-corrected chi connectivity index (χ2v) is 2.69. The summed E-state index contributed by atoms with van der Waals surface area (Å²) < 4.78 is 0. The molecule has 0 amide bonds. The molecular formula is C9H11ClN2. The molecule has 0 atom stereocenters. The average Bonchev–Trinajstić information content (AvgIpc) is 2.04. The summed E-state index contributed by atoms with van der Waals surface area (Å²) in [4.78, 5) is 0. The number of benzene rings is 1. The molecule has 1 heterocycles. The Morgan fingerprint density at radius 2 is 2.00 bits per heavy atom. The maximum Gasteiger partial charge on any atom is 0.0591 e. The van der Waals surface area contributed by atoms with Crippen LogP contribution in [0.25, 0.3) is 6.08 Å². The molecule has 0 aliphatic carbocycles. The van der Waals surface area contributed by atoms with Gasteiger partial charge in [0.1, 0.15) is 0 Å². The first kappa shape index (κ1) is 9.10. The predicted molar refractivity (Wildman–Crippen MR) is 52.5 cm³/mol. The first-order chi connectivity index (χ1) is 5.36. The van der Waals surface area contributed by atoms with Crippen molar-refractivity contribution in [3.05, 3.63) is 41.6 Å². The maximum absolute atomic E-state index is 5.60. The molecule has 3 heteroatoms. The van der Waals surface area contributed by atoms with Crippen molar-refractivity contribution in [2.24, 2.45) is 5.84 Å². The van der Waals surface area contributed by atoms with Gasteiger partial charge in [-0.3, -0.25) is 0 Å². The number of hydrogen-bond acceptors (Lipinski definition) is 2. The lowest BCUT2D eigenvalue weighted by molar-refractivity contribution is 0.384. The summed E-state index contributed by atoms with van der Waals surface area (Å²) in [7, 11) is 0. The highest BCUT2D eigenvalue weighted by Gasteiger charge is 2.04. The van der Waals surface area contributed by atoms with E-state index >= 15 is 0 Å². The number of nitrogens with two attached hydrogens (primary N) is 1. The van der Waals surface area contributed by atoms with E-state index in [4.69, 9.17) is 5.84 Å². The van der Waals surface area contributed by atoms with Gasteiger partial charge in [-0.15, -0.1) is 12.4 Å². The van der Waals surface area contributed by atoms with Gasteiger partial charge < -0.3 is 5.01 Å². The van der Waals surface area contributed by atoms with Crippen molar-refractivity contribution in [3.8, 4) is 0 Å². The molecule has 1 aromatic rings. The normalized spacial score (nSPS) is 13.6. The van der Waals surface area contributed by atoms with Crippen LogP contribution in [-0.4, -0.2) is 5.01 Å². The molecule has 2 nitrogen and oxygen atoms in total. The second kappa shape index (κ2) is 3.61. The Bertz CT molecular complexity index is 296. The van der Waals surface area contributed by atoms with Crippen molar-refractivity contribution in [2.75, 3.05) is 0 Å². The van der Waals surface area contributed by atoms with Gasteiger partial charge in [-0.25, -0.2) is 5.84 Å². The lowest BCUT2D eigenvalue weighted by atomic mass is 10.1. The molecule has 64 valence electrons. The minimum absolute atomic E-state index is 0. The van der Waals surface area contributed by atoms with Gasteiger partial charge in [-0.05, 0) is 17.2 Å². The van der Waals surface area contributed by atoms with Crippen LogP contribution in [0.3, 0.4) is 0 Å². The third-order valence-corrected chi connectivity index (χ3v) is 1.85. The van der Waals surface area contributed by atoms with Gasteiger partial charge in [0, 0.05) is 6.20 Å². The van der Waals surface area contributed by atoms with E-state index in [1.165, 1.54) is 11.1 Å². The number of nitrogens with zero attached hydrogens (tertiary/aromatic N) is 1. The Morgan fingerprint density at radius 1 is 1.25 bits per heavy atom. The first-order valence-corrected chi connectivity index (χ1v) is 3.64. The van der Waals surface area contributed by atoms with Crippen LogP contribution in [-0.2, 0) is 6.54 Å². The fourth-order valence-electron chi connectivity index (χ4n) is 1.27. The largest absolute Gasteiger partial charge is 0.314 e. The Morgan fingerprint density at radius 3 is 2.83 bits per heavy atom. The van der Waals surface area contributed by atoms with Crippen LogP contribution in [0.5, 0.6) is 0 Å². The molecule has 0 unspecified atom stereocenters. The van der Waals surface area contributed by atoms with Crippen molar-refractivity contribution in [1.29, 1.82) is 0 Å². The van der Waals surface area contributed by atoms with Crippen LogP contribution in [0.4, 0.5) is 0 Å². The molecule has 2 N–H and O–H groups in total. The van der Waals surface area contributed by atoms with E-state index < -0.39 is 0 Å². The zero-order chi connectivity index (χ0) is 7.68. The van der Waals surface area contributed by atoms with Gasteiger partial charge in [0.15, 0.2) is 0 Å². The summed E-state index contributed by atoms with van der Waals surface area (Å²) in [5.74, 6) is 5.60. The summed E-state index contributed by atoms with van der Waals surface area (Å²) in [6.45, 7) is 0.812. The van der Waals surface area contributed by atoms with Gasteiger partial charge in [-0.2, -0.15) is 0 Å². The first-order valence-electron chi connectivity index (χ1n) is 3.64. The Balaban J connectivity index is 0.000000720. The molecule has 0 spiro atoms. The lowest BCUT2D eigenvalue weighted by Crippen LogP contribution is -2.26. The average molecular weight is 183 g/mol. The zero-order valence-corrected chi connectivity index (χ0v) is 7.42. The van der Waals surface area contributed by atoms with Gasteiger partial charge >= 0.3 is 0 Å². The predicted octanol–water partition coefficient (Wildman–Crippen LogP) is 1.77. The fourth-order valence-corrected chi connectivity index (χ4v) is 1.27. The molecule has 0 saturated heterocycles. The van der Waals surface area contributed by atoms with Crippen molar-refractivity contribution >= 4 is 18.5 Å². The molecule has 1 aliphatic rings. The SMILES string of the molecule is Cl.NN1C=Cc2ccccc2C1. The van der Waals surface area contributed by atoms with Crippen LogP contribution in [0.1, 0.15) is 11.1 Å². The summed E-state index contributed by atoms with van der Waals surface area (Å²) >= 11 is 0. The number of halogens is 1. The molecule has 0 radical (unpaired) electrons. The van der Waals surface area contributed by atoms with Crippen LogP contribution in [0.2, 0.25) is 0 Å². The van der Waals surface area contributed by atoms with Gasteiger partial charge in [0.2, 0.25) is 0 Å². The molecule has 12 heavy (non-hydrogen) atoms. The highest BCUT2D eigenvalue weighted by atomic mass is 35.5. The Labute approximate surface area is 78.1 Å². The lowest BCUT2D eigenvalue weighted by Gasteiger charge is -2.19. The van der Waals surface area contributed by atoms with Crippen molar-refractivity contribution in [2.45, 2.75) is 6.54 Å². The summed E-state index contributed by atoms with van der Waals surface area (Å²) in [6, 6.07) is 8.26. The molecule has 2 rings (SSSR count). The Kier molecular flexibility index (Phi) is 2.74. The molecular weight excluding hydrogens is 172 g/mol. The third kappa shape index (κ3) is 1.60. The number of rotatable bonds is 0. The van der Waals surface area contributed by atoms with Crippen molar-refractivity contribution in [3.63, 3.8) is 0 Å². The number of fused-ring (bicyclic) bond motifs is 1. The fraction of sp³-hybridized carbons (Fsp3) is 0.111. The smallest absolute Gasteiger partial charge is 0.0591 e. The second-order valence-electron chi connectivity index (χ2n) is 2.69. The minimum Gasteiger partial charge on any atom is -0.314 e. The van der Waals surface area contributed by atoms with E-state index in [-0.39, 0.29) is 12.4 Å². The molecule has 1 aromatic carbocycles. The topological polar surface area (TPSA) is 29.3 Å². The maximum atomic E-state index is 5.60. The van der Waals surface area contributed by atoms with E-state index in [2.05, 4.69) is 12.1 Å². The monoisotopic (exact) mass is 182 g/mol. The highest BCUT2D eigenvalue weighted by Crippen LogP contribution is 2.16. The van der Waals surface area contributed by atoms with Crippen LogP contribution < -0.4 is 5.84 Å². The quantitative estimate of drug-likeness (QED) is 0.620. The van der Waals surface area contributed by atoms with E-state index in [9.17, 15) is 0 Å². The number of hydrazine groups is 1. The van der Waals surface area contributed by atoms with E-state index in [0.29, 0.717) is 0 Å². The molecule has 0 fully saturated rings. The van der Waals surface area contributed by atoms with Crippen LogP contribution in [0, 0.1) is 0 Å². The van der Waals surface area contributed by atoms with Crippen LogP contribution >= 0.6 is 12.4 Å². The van der Waals surface area contributed by atoms with Gasteiger partial charge in [-0.1, -0.05) is 24.3 Å². The van der Waals surface area contributed by atoms with Crippen molar-refractivity contribution < 1.29 is 0 Å².